The minimum absolute atomic E-state index is 0.136. The normalized spacial score (nSPS) is 23.9. The van der Waals surface area contributed by atoms with Crippen molar-refractivity contribution in [2.24, 2.45) is 0 Å². The molecule has 3 heterocycles. The predicted octanol–water partition coefficient (Wildman–Crippen LogP) is 3.17. The summed E-state index contributed by atoms with van der Waals surface area (Å²) < 4.78 is 13.5. The number of nitrogens with one attached hydrogen (secondary N) is 1. The summed E-state index contributed by atoms with van der Waals surface area (Å²) >= 11 is 2.06. The first-order chi connectivity index (χ1) is 9.31. The first kappa shape index (κ1) is 11.8. The third-order valence-corrected chi connectivity index (χ3v) is 5.53. The molecule has 2 aromatic rings. The number of benzene rings is 1. The summed E-state index contributed by atoms with van der Waals surface area (Å²) in [5.41, 5.74) is 3.70. The monoisotopic (exact) mass is 276 g/mol. The van der Waals surface area contributed by atoms with Gasteiger partial charge in [0.15, 0.2) is 0 Å². The molecule has 1 N–H and O–H groups in total. The average molecular weight is 276 g/mol. The van der Waals surface area contributed by atoms with Gasteiger partial charge >= 0.3 is 0 Å². The molecule has 0 spiro atoms. The Labute approximate surface area is 116 Å². The molecule has 2 aliphatic rings. The zero-order valence-corrected chi connectivity index (χ0v) is 11.6. The van der Waals surface area contributed by atoms with Crippen LogP contribution in [0, 0.1) is 5.82 Å². The molecular weight excluding hydrogens is 259 g/mol. The van der Waals surface area contributed by atoms with E-state index >= 15 is 0 Å². The number of aromatic amines is 1. The molecule has 1 atom stereocenters. The number of hydrogen-bond acceptors (Lipinski definition) is 2. The van der Waals surface area contributed by atoms with Crippen molar-refractivity contribution in [3.05, 3.63) is 35.3 Å². The minimum Gasteiger partial charge on any atom is -0.358 e. The molecule has 19 heavy (non-hydrogen) atoms. The Morgan fingerprint density at radius 3 is 3.16 bits per heavy atom. The van der Waals surface area contributed by atoms with Crippen LogP contribution in [0.5, 0.6) is 0 Å². The number of rotatable bonds is 1. The van der Waals surface area contributed by atoms with E-state index in [0.29, 0.717) is 0 Å². The van der Waals surface area contributed by atoms with E-state index in [2.05, 4.69) is 21.6 Å². The fourth-order valence-corrected chi connectivity index (χ4v) is 4.58. The molecule has 0 saturated carbocycles. The number of thioether (sulfide) groups is 1. The lowest BCUT2D eigenvalue weighted by atomic mass is 10.0. The van der Waals surface area contributed by atoms with Crippen LogP contribution in [0.15, 0.2) is 18.2 Å². The number of nitrogens with zero attached hydrogens (tertiary/aromatic N) is 1. The number of halogens is 1. The van der Waals surface area contributed by atoms with E-state index in [9.17, 15) is 4.39 Å². The van der Waals surface area contributed by atoms with Crippen LogP contribution in [0.25, 0.3) is 10.9 Å². The Kier molecular flexibility index (Phi) is 2.81. The molecule has 1 saturated heterocycles. The van der Waals surface area contributed by atoms with Gasteiger partial charge in [0.05, 0.1) is 0 Å². The highest BCUT2D eigenvalue weighted by molar-refractivity contribution is 7.99. The third kappa shape index (κ3) is 1.98. The summed E-state index contributed by atoms with van der Waals surface area (Å²) in [5, 5.41) is 1.07. The van der Waals surface area contributed by atoms with Gasteiger partial charge in [-0.1, -0.05) is 0 Å². The second kappa shape index (κ2) is 4.53. The largest absolute Gasteiger partial charge is 0.358 e. The van der Waals surface area contributed by atoms with Gasteiger partial charge in [-0.05, 0) is 35.9 Å². The molecule has 1 aromatic heterocycles. The van der Waals surface area contributed by atoms with E-state index in [1.54, 1.807) is 6.07 Å². The first-order valence-corrected chi connectivity index (χ1v) is 8.07. The molecule has 100 valence electrons. The van der Waals surface area contributed by atoms with Gasteiger partial charge in [0.1, 0.15) is 5.82 Å². The van der Waals surface area contributed by atoms with Gasteiger partial charge in [-0.25, -0.2) is 4.39 Å². The van der Waals surface area contributed by atoms with Crippen LogP contribution in [0.4, 0.5) is 4.39 Å². The lowest BCUT2D eigenvalue weighted by molar-refractivity contribution is 0.195. The van der Waals surface area contributed by atoms with Crippen LogP contribution in [-0.4, -0.2) is 34.0 Å². The summed E-state index contributed by atoms with van der Waals surface area (Å²) in [4.78, 5) is 6.04. The minimum atomic E-state index is -0.136. The van der Waals surface area contributed by atoms with E-state index in [-0.39, 0.29) is 5.82 Å². The molecule has 4 rings (SSSR count). The molecule has 1 aromatic carbocycles. The molecule has 2 aliphatic heterocycles. The Morgan fingerprint density at radius 1 is 1.37 bits per heavy atom. The van der Waals surface area contributed by atoms with Crippen LogP contribution in [0.2, 0.25) is 0 Å². The van der Waals surface area contributed by atoms with Crippen molar-refractivity contribution in [1.29, 1.82) is 0 Å². The smallest absolute Gasteiger partial charge is 0.123 e. The molecule has 0 radical (unpaired) electrons. The maximum Gasteiger partial charge on any atom is 0.123 e. The van der Waals surface area contributed by atoms with E-state index < -0.39 is 0 Å². The van der Waals surface area contributed by atoms with E-state index in [0.717, 1.165) is 36.5 Å². The summed E-state index contributed by atoms with van der Waals surface area (Å²) in [6.07, 6.45) is 2.36. The van der Waals surface area contributed by atoms with Crippen molar-refractivity contribution in [2.75, 3.05) is 18.1 Å². The zero-order valence-electron chi connectivity index (χ0n) is 10.8. The van der Waals surface area contributed by atoms with Gasteiger partial charge in [0.2, 0.25) is 0 Å². The number of fused-ring (bicyclic) bond motifs is 3. The van der Waals surface area contributed by atoms with Crippen LogP contribution in [0.1, 0.15) is 17.7 Å². The highest BCUT2D eigenvalue weighted by Gasteiger charge is 2.28. The van der Waals surface area contributed by atoms with E-state index in [1.165, 1.54) is 35.3 Å². The van der Waals surface area contributed by atoms with Gasteiger partial charge in [-0.2, -0.15) is 11.8 Å². The molecule has 0 amide bonds. The molecule has 2 nitrogen and oxygen atoms in total. The summed E-state index contributed by atoms with van der Waals surface area (Å²) in [5.74, 6) is 2.41. The molecule has 4 heteroatoms. The maximum atomic E-state index is 13.5. The van der Waals surface area contributed by atoms with Crippen molar-refractivity contribution in [3.8, 4) is 0 Å². The van der Waals surface area contributed by atoms with Gasteiger partial charge in [0.25, 0.3) is 0 Å². The van der Waals surface area contributed by atoms with Crippen LogP contribution < -0.4 is 0 Å². The second-order valence-electron chi connectivity index (χ2n) is 5.51. The fourth-order valence-electron chi connectivity index (χ4n) is 3.33. The third-order valence-electron chi connectivity index (χ3n) is 4.39. The van der Waals surface area contributed by atoms with Gasteiger partial charge < -0.3 is 4.98 Å². The lowest BCUT2D eigenvalue weighted by Gasteiger charge is -2.32. The summed E-state index contributed by atoms with van der Waals surface area (Å²) in [6, 6.07) is 5.79. The standard InChI is InChI=1S/C15H17FN2S/c16-10-1-2-14-12(7-10)13-8-18(5-3-15(13)17-14)11-4-6-19-9-11/h1-2,7,11,17H,3-6,8-9H2/t11-/m0/s1. The van der Waals surface area contributed by atoms with Crippen molar-refractivity contribution in [3.63, 3.8) is 0 Å². The Balaban J connectivity index is 1.72. The average Bonchev–Trinajstić information content (AvgIpc) is 3.05. The highest BCUT2D eigenvalue weighted by Crippen LogP contribution is 2.31. The molecule has 0 unspecified atom stereocenters. The lowest BCUT2D eigenvalue weighted by Crippen LogP contribution is -2.39. The van der Waals surface area contributed by atoms with Crippen molar-refractivity contribution in [1.82, 2.24) is 9.88 Å². The highest BCUT2D eigenvalue weighted by atomic mass is 32.2. The van der Waals surface area contributed by atoms with Crippen molar-refractivity contribution >= 4 is 22.7 Å². The number of aromatic nitrogens is 1. The maximum absolute atomic E-state index is 13.5. The van der Waals surface area contributed by atoms with Crippen LogP contribution >= 0.6 is 11.8 Å². The molecular formula is C15H17FN2S. The predicted molar refractivity (Wildman–Crippen MR) is 78.1 cm³/mol. The quantitative estimate of drug-likeness (QED) is 0.862. The molecule has 0 bridgehead atoms. The Bertz CT molecular complexity index is 616. The van der Waals surface area contributed by atoms with Crippen LogP contribution in [-0.2, 0) is 13.0 Å². The van der Waals surface area contributed by atoms with Crippen molar-refractivity contribution in [2.45, 2.75) is 25.4 Å². The Hall–Kier alpha value is -1.00. The fraction of sp³-hybridized carbons (Fsp3) is 0.467. The SMILES string of the molecule is Fc1ccc2[nH]c3c(c2c1)CN([C@H]1CCSC1)CC3. The summed E-state index contributed by atoms with van der Waals surface area (Å²) in [7, 11) is 0. The first-order valence-electron chi connectivity index (χ1n) is 6.92. The topological polar surface area (TPSA) is 19.0 Å². The Morgan fingerprint density at radius 2 is 2.32 bits per heavy atom. The van der Waals surface area contributed by atoms with Gasteiger partial charge in [-0.15, -0.1) is 0 Å². The molecule has 0 aliphatic carbocycles. The van der Waals surface area contributed by atoms with Gasteiger partial charge in [-0.3, -0.25) is 4.90 Å². The van der Waals surface area contributed by atoms with E-state index in [4.69, 9.17) is 0 Å². The van der Waals surface area contributed by atoms with E-state index in [1.807, 2.05) is 6.07 Å². The molecule has 1 fully saturated rings. The number of hydrogen-bond donors (Lipinski definition) is 1. The number of H-pyrrole nitrogens is 1. The van der Waals surface area contributed by atoms with Gasteiger partial charge in [0, 0.05) is 47.9 Å². The summed E-state index contributed by atoms with van der Waals surface area (Å²) in [6.45, 7) is 2.11. The van der Waals surface area contributed by atoms with Crippen molar-refractivity contribution < 1.29 is 4.39 Å². The zero-order chi connectivity index (χ0) is 12.8. The second-order valence-corrected chi connectivity index (χ2v) is 6.66. The van der Waals surface area contributed by atoms with Crippen LogP contribution in [0.3, 0.4) is 0 Å².